The zero-order valence-electron chi connectivity index (χ0n) is 18.1. The van der Waals surface area contributed by atoms with Crippen LogP contribution in [0.25, 0.3) is 11.0 Å². The fraction of sp³-hybridized carbons (Fsp3) is 0.261. The normalized spacial score (nSPS) is 12.2. The molecule has 0 aliphatic heterocycles. The Morgan fingerprint density at radius 2 is 1.72 bits per heavy atom. The third-order valence-electron chi connectivity index (χ3n) is 5.89. The summed E-state index contributed by atoms with van der Waals surface area (Å²) < 4.78 is 8.30. The van der Waals surface area contributed by atoms with Gasteiger partial charge in [-0.2, -0.15) is 0 Å². The van der Waals surface area contributed by atoms with Gasteiger partial charge in [-0.05, 0) is 35.4 Å². The van der Waals surface area contributed by atoms with E-state index in [-0.39, 0.29) is 17.7 Å². The number of H-pyrrole nitrogens is 2. The van der Waals surface area contributed by atoms with Gasteiger partial charge in [-0.1, -0.05) is 18.2 Å². The van der Waals surface area contributed by atoms with Crippen molar-refractivity contribution in [3.05, 3.63) is 85.7 Å². The Balaban J connectivity index is 1.81. The molecule has 0 radical (unpaired) electrons. The topological polar surface area (TPSA) is 128 Å². The van der Waals surface area contributed by atoms with Gasteiger partial charge in [-0.15, -0.1) is 0 Å². The van der Waals surface area contributed by atoms with Gasteiger partial charge < -0.3 is 15.6 Å². The summed E-state index contributed by atoms with van der Waals surface area (Å²) in [7, 11) is 5.00. The molecule has 4 N–H and O–H groups in total. The van der Waals surface area contributed by atoms with Crippen LogP contribution >= 0.6 is 0 Å². The number of amides is 1. The smallest absolute Gasteiger partial charge is 0.328 e. The Labute approximate surface area is 183 Å². The van der Waals surface area contributed by atoms with Crippen LogP contribution in [0.3, 0.4) is 0 Å². The number of aryl methyl sites for hydroxylation is 2. The van der Waals surface area contributed by atoms with Gasteiger partial charge in [-0.25, -0.2) is 4.79 Å². The van der Waals surface area contributed by atoms with E-state index in [9.17, 15) is 14.4 Å². The summed E-state index contributed by atoms with van der Waals surface area (Å²) in [6.07, 6.45) is 0.419. The fourth-order valence-electron chi connectivity index (χ4n) is 4.19. The van der Waals surface area contributed by atoms with Gasteiger partial charge in [0, 0.05) is 44.1 Å². The molecule has 1 amide bonds. The second-order valence-electron chi connectivity index (χ2n) is 7.87. The van der Waals surface area contributed by atoms with Crippen LogP contribution in [-0.2, 0) is 25.3 Å². The number of imidazole rings is 1. The summed E-state index contributed by atoms with van der Waals surface area (Å²) >= 11 is 0. The van der Waals surface area contributed by atoms with Crippen LogP contribution < -0.4 is 21.7 Å². The molecule has 0 unspecified atom stereocenters. The third kappa shape index (κ3) is 3.73. The monoisotopic (exact) mass is 435 g/mol. The number of nitrogens with one attached hydrogen (secondary N) is 2. The fourth-order valence-corrected chi connectivity index (χ4v) is 4.19. The molecule has 0 aliphatic carbocycles. The van der Waals surface area contributed by atoms with Gasteiger partial charge >= 0.3 is 5.69 Å². The second-order valence-corrected chi connectivity index (χ2v) is 7.87. The van der Waals surface area contributed by atoms with Crippen molar-refractivity contribution in [2.75, 3.05) is 7.11 Å². The number of fused-ring (bicyclic) bond motifs is 1. The van der Waals surface area contributed by atoms with Gasteiger partial charge in [-0.3, -0.25) is 23.8 Å². The molecule has 0 spiro atoms. The minimum absolute atomic E-state index is 0.0389. The Bertz CT molecular complexity index is 1410. The van der Waals surface area contributed by atoms with E-state index in [4.69, 9.17) is 10.5 Å². The van der Waals surface area contributed by atoms with Crippen LogP contribution in [-0.4, -0.2) is 32.3 Å². The molecule has 0 saturated heterocycles. The molecule has 0 saturated carbocycles. The molecule has 2 heterocycles. The predicted octanol–water partition coefficient (Wildman–Crippen LogP) is 1.50. The number of nitrogens with two attached hydrogens (primary N) is 1. The van der Waals surface area contributed by atoms with Crippen LogP contribution in [0, 0.1) is 0 Å². The number of hydrogen-bond donors (Lipinski definition) is 3. The molecule has 0 fully saturated rings. The lowest BCUT2D eigenvalue weighted by Gasteiger charge is -2.16. The van der Waals surface area contributed by atoms with Crippen molar-refractivity contribution in [3.63, 3.8) is 0 Å². The average molecular weight is 435 g/mol. The van der Waals surface area contributed by atoms with E-state index >= 15 is 0 Å². The number of carbonyl (C=O) groups is 1. The predicted molar refractivity (Wildman–Crippen MR) is 121 cm³/mol. The molecular formula is C23H25N5O4. The number of carbonyl (C=O) groups excluding carboxylic acids is 1. The Morgan fingerprint density at radius 3 is 2.38 bits per heavy atom. The Morgan fingerprint density at radius 1 is 1.03 bits per heavy atom. The first kappa shape index (κ1) is 21.2. The average Bonchev–Trinajstić information content (AvgIpc) is 3.24. The van der Waals surface area contributed by atoms with Gasteiger partial charge in [0.15, 0.2) is 0 Å². The van der Waals surface area contributed by atoms with E-state index in [0.29, 0.717) is 23.2 Å². The summed E-state index contributed by atoms with van der Waals surface area (Å²) in [5, 5.41) is 5.60. The highest BCUT2D eigenvalue weighted by Crippen LogP contribution is 2.30. The van der Waals surface area contributed by atoms with Crippen LogP contribution in [0.1, 0.15) is 34.7 Å². The number of hydrogen-bond acceptors (Lipinski definition) is 4. The highest BCUT2D eigenvalue weighted by molar-refractivity contribution is 5.79. The van der Waals surface area contributed by atoms with Gasteiger partial charge in [0.25, 0.3) is 5.56 Å². The maximum absolute atomic E-state index is 12.8. The molecule has 2 aromatic heterocycles. The van der Waals surface area contributed by atoms with E-state index in [1.54, 1.807) is 30.3 Å². The summed E-state index contributed by atoms with van der Waals surface area (Å²) in [5.74, 6) is -0.339. The van der Waals surface area contributed by atoms with Gasteiger partial charge in [0.05, 0.1) is 18.1 Å². The molecule has 1 atom stereocenters. The zero-order valence-corrected chi connectivity index (χ0v) is 18.1. The van der Waals surface area contributed by atoms with Crippen molar-refractivity contribution in [1.29, 1.82) is 0 Å². The largest absolute Gasteiger partial charge is 0.497 e. The standard InChI is InChI=1S/C23H25N5O4/c1-27-18-9-6-14(11-19(18)28(2)23(27)31)16(12-20(24)29)21-17(25-26-22(21)30)10-13-4-7-15(32-3)8-5-13/h4-9,11,16H,10,12H2,1-3H3,(H2,24,29)(H2,25,26,30)/t16-/m0/s1. The maximum Gasteiger partial charge on any atom is 0.328 e. The molecule has 4 aromatic rings. The van der Waals surface area contributed by atoms with Crippen LogP contribution in [0.15, 0.2) is 52.1 Å². The molecule has 166 valence electrons. The highest BCUT2D eigenvalue weighted by atomic mass is 16.5. The van der Waals surface area contributed by atoms with Gasteiger partial charge in [0.1, 0.15) is 5.75 Å². The molecular weight excluding hydrogens is 410 g/mol. The number of aromatic nitrogens is 4. The molecule has 9 nitrogen and oxygen atoms in total. The number of rotatable bonds is 7. The van der Waals surface area contributed by atoms with Crippen molar-refractivity contribution in [2.24, 2.45) is 19.8 Å². The molecule has 4 rings (SSSR count). The van der Waals surface area contributed by atoms with Crippen molar-refractivity contribution < 1.29 is 9.53 Å². The zero-order chi connectivity index (χ0) is 23.0. The molecule has 0 aliphatic rings. The van der Waals surface area contributed by atoms with Crippen LogP contribution in [0.4, 0.5) is 0 Å². The van der Waals surface area contributed by atoms with Crippen molar-refractivity contribution in [2.45, 2.75) is 18.8 Å². The minimum atomic E-state index is -0.560. The molecule has 32 heavy (non-hydrogen) atoms. The highest BCUT2D eigenvalue weighted by Gasteiger charge is 2.25. The number of primary amides is 1. The quantitative estimate of drug-likeness (QED) is 0.406. The summed E-state index contributed by atoms with van der Waals surface area (Å²) in [6.45, 7) is 0. The number of nitrogens with zero attached hydrogens (tertiary/aromatic N) is 2. The lowest BCUT2D eigenvalue weighted by molar-refractivity contribution is -0.118. The first-order chi connectivity index (χ1) is 15.3. The van der Waals surface area contributed by atoms with Crippen LogP contribution in [0.2, 0.25) is 0 Å². The number of ether oxygens (including phenoxy) is 1. The van der Waals surface area contributed by atoms with E-state index in [2.05, 4.69) is 10.2 Å². The molecule has 0 bridgehead atoms. The second kappa shape index (κ2) is 8.26. The van der Waals surface area contributed by atoms with Crippen molar-refractivity contribution >= 4 is 16.9 Å². The van der Waals surface area contributed by atoms with E-state index in [1.165, 1.54) is 0 Å². The first-order valence-electron chi connectivity index (χ1n) is 10.2. The van der Waals surface area contributed by atoms with Gasteiger partial charge in [0.2, 0.25) is 5.91 Å². The lowest BCUT2D eigenvalue weighted by atomic mass is 9.87. The SMILES string of the molecule is COc1ccc(Cc2[nH][nH]c(=O)c2[C@@H](CC(N)=O)c2ccc3c(c2)n(C)c(=O)n3C)cc1. The van der Waals surface area contributed by atoms with Crippen molar-refractivity contribution in [1.82, 2.24) is 19.3 Å². The lowest BCUT2D eigenvalue weighted by Crippen LogP contribution is -2.21. The summed E-state index contributed by atoms with van der Waals surface area (Å²) in [5.41, 5.74) is 9.42. The summed E-state index contributed by atoms with van der Waals surface area (Å²) in [4.78, 5) is 37.1. The van der Waals surface area contributed by atoms with E-state index in [0.717, 1.165) is 22.4 Å². The maximum atomic E-state index is 12.8. The number of aromatic amines is 2. The van der Waals surface area contributed by atoms with E-state index in [1.807, 2.05) is 42.5 Å². The molecule has 2 aromatic carbocycles. The Kier molecular flexibility index (Phi) is 5.48. The minimum Gasteiger partial charge on any atom is -0.497 e. The first-order valence-corrected chi connectivity index (χ1v) is 10.2. The van der Waals surface area contributed by atoms with E-state index < -0.39 is 11.8 Å². The number of methoxy groups -OCH3 is 1. The Hall–Kier alpha value is -4.01. The van der Waals surface area contributed by atoms with Crippen LogP contribution in [0.5, 0.6) is 5.75 Å². The third-order valence-corrected chi connectivity index (χ3v) is 5.89. The van der Waals surface area contributed by atoms with Crippen molar-refractivity contribution in [3.8, 4) is 5.75 Å². The molecule has 9 heteroatoms. The summed E-state index contributed by atoms with van der Waals surface area (Å²) in [6, 6.07) is 13.0. The number of benzene rings is 2.